The molecule has 0 amide bonds. The van der Waals surface area contributed by atoms with Crippen molar-refractivity contribution in [1.29, 1.82) is 0 Å². The van der Waals surface area contributed by atoms with Crippen molar-refractivity contribution < 1.29 is 14.1 Å². The highest BCUT2D eigenvalue weighted by atomic mass is 35.5. The minimum Gasteiger partial charge on any atom is -0.457 e. The highest BCUT2D eigenvalue weighted by Crippen LogP contribution is 2.26. The fraction of sp³-hybridized carbons (Fsp3) is 0. The molecule has 2 rings (SSSR count). The lowest BCUT2D eigenvalue weighted by Crippen LogP contribution is -1.89. The van der Waals surface area contributed by atoms with Gasteiger partial charge in [-0.1, -0.05) is 11.6 Å². The van der Waals surface area contributed by atoms with E-state index in [1.165, 1.54) is 36.4 Å². The average molecular weight is 268 g/mol. The van der Waals surface area contributed by atoms with E-state index in [0.29, 0.717) is 5.75 Å². The minimum atomic E-state index is -0.587. The molecule has 2 aromatic carbocycles. The normalized spacial score (nSPS) is 10.1. The molecule has 4 nitrogen and oxygen atoms in total. The zero-order valence-electron chi connectivity index (χ0n) is 8.97. The third-order valence-corrected chi connectivity index (χ3v) is 2.48. The maximum atomic E-state index is 13.2. The van der Waals surface area contributed by atoms with Crippen LogP contribution in [0.2, 0.25) is 5.02 Å². The van der Waals surface area contributed by atoms with Crippen LogP contribution < -0.4 is 4.74 Å². The molecule has 0 aromatic heterocycles. The summed E-state index contributed by atoms with van der Waals surface area (Å²) < 4.78 is 18.5. The molecule has 18 heavy (non-hydrogen) atoms. The van der Waals surface area contributed by atoms with E-state index >= 15 is 0 Å². The van der Waals surface area contributed by atoms with Gasteiger partial charge in [-0.15, -0.1) is 0 Å². The smallest absolute Gasteiger partial charge is 0.269 e. The van der Waals surface area contributed by atoms with E-state index in [1.54, 1.807) is 0 Å². The van der Waals surface area contributed by atoms with E-state index in [1.807, 2.05) is 0 Å². The number of benzene rings is 2. The van der Waals surface area contributed by atoms with Gasteiger partial charge in [0.2, 0.25) is 0 Å². The third kappa shape index (κ3) is 2.75. The Balaban J connectivity index is 2.18. The number of non-ortho nitro benzene ring substituents is 1. The molecule has 0 radical (unpaired) electrons. The van der Waals surface area contributed by atoms with Crippen LogP contribution in [0.25, 0.3) is 0 Å². The van der Waals surface area contributed by atoms with Crippen LogP contribution in [0, 0.1) is 15.9 Å². The van der Waals surface area contributed by atoms with Crippen molar-refractivity contribution >= 4 is 17.3 Å². The van der Waals surface area contributed by atoms with Crippen LogP contribution in [0.3, 0.4) is 0 Å². The maximum Gasteiger partial charge on any atom is 0.269 e. The van der Waals surface area contributed by atoms with E-state index in [9.17, 15) is 14.5 Å². The number of nitrogens with zero attached hydrogens (tertiary/aromatic N) is 1. The molecule has 0 unspecified atom stereocenters. The number of hydrogen-bond acceptors (Lipinski definition) is 3. The van der Waals surface area contributed by atoms with Gasteiger partial charge in [0.25, 0.3) is 5.69 Å². The summed E-state index contributed by atoms with van der Waals surface area (Å²) in [7, 11) is 0. The number of ether oxygens (including phenoxy) is 1. The zero-order valence-corrected chi connectivity index (χ0v) is 9.73. The van der Waals surface area contributed by atoms with E-state index in [2.05, 4.69) is 0 Å². The molecule has 0 atom stereocenters. The highest BCUT2D eigenvalue weighted by molar-refractivity contribution is 6.30. The molecule has 0 saturated carbocycles. The summed E-state index contributed by atoms with van der Waals surface area (Å²) in [6.45, 7) is 0. The summed E-state index contributed by atoms with van der Waals surface area (Å²) in [5.41, 5.74) is -0.0374. The van der Waals surface area contributed by atoms with Crippen molar-refractivity contribution in [1.82, 2.24) is 0 Å². The molecule has 0 heterocycles. The van der Waals surface area contributed by atoms with Gasteiger partial charge in [-0.25, -0.2) is 4.39 Å². The van der Waals surface area contributed by atoms with Gasteiger partial charge in [-0.05, 0) is 24.3 Å². The van der Waals surface area contributed by atoms with E-state index < -0.39 is 10.7 Å². The van der Waals surface area contributed by atoms with Crippen molar-refractivity contribution in [3.05, 3.63) is 63.4 Å². The van der Waals surface area contributed by atoms with Crippen LogP contribution in [-0.4, -0.2) is 4.92 Å². The van der Waals surface area contributed by atoms with Gasteiger partial charge in [0.05, 0.1) is 9.95 Å². The number of nitro groups is 1. The van der Waals surface area contributed by atoms with Crippen LogP contribution in [0.4, 0.5) is 10.1 Å². The second kappa shape index (κ2) is 5.01. The van der Waals surface area contributed by atoms with Crippen molar-refractivity contribution in [3.63, 3.8) is 0 Å². The summed E-state index contributed by atoms with van der Waals surface area (Å²) >= 11 is 5.53. The SMILES string of the molecule is O=[N+]([O-])c1ccc(Oc2ccc(Cl)c(F)c2)cc1. The second-order valence-corrected chi connectivity index (χ2v) is 3.84. The Labute approximate surface area is 107 Å². The van der Waals surface area contributed by atoms with Crippen molar-refractivity contribution in [2.45, 2.75) is 0 Å². The van der Waals surface area contributed by atoms with Crippen molar-refractivity contribution in [2.75, 3.05) is 0 Å². The fourth-order valence-electron chi connectivity index (χ4n) is 1.31. The first kappa shape index (κ1) is 12.3. The first-order valence-electron chi connectivity index (χ1n) is 4.93. The standard InChI is InChI=1S/C12H7ClFNO3/c13-11-6-5-10(7-12(11)14)18-9-3-1-8(2-4-9)15(16)17/h1-7H. The lowest BCUT2D eigenvalue weighted by atomic mass is 10.3. The molecular weight excluding hydrogens is 261 g/mol. The minimum absolute atomic E-state index is 0.00560. The fourth-order valence-corrected chi connectivity index (χ4v) is 1.43. The molecule has 0 aliphatic heterocycles. The third-order valence-electron chi connectivity index (χ3n) is 2.17. The molecular formula is C12H7ClFNO3. The van der Waals surface area contributed by atoms with Crippen LogP contribution >= 0.6 is 11.6 Å². The predicted molar refractivity (Wildman–Crippen MR) is 64.6 cm³/mol. The molecule has 0 saturated heterocycles. The molecule has 92 valence electrons. The summed E-state index contributed by atoms with van der Waals surface area (Å²) in [6.07, 6.45) is 0. The summed E-state index contributed by atoms with van der Waals surface area (Å²) in [6, 6.07) is 9.51. The zero-order chi connectivity index (χ0) is 13.1. The van der Waals surface area contributed by atoms with Gasteiger partial charge in [0.15, 0.2) is 0 Å². The molecule has 6 heteroatoms. The van der Waals surface area contributed by atoms with Gasteiger partial charge in [-0.3, -0.25) is 10.1 Å². The summed E-state index contributed by atoms with van der Waals surface area (Å²) in [4.78, 5) is 9.94. The van der Waals surface area contributed by atoms with Crippen LogP contribution in [0.15, 0.2) is 42.5 Å². The van der Waals surface area contributed by atoms with E-state index in [-0.39, 0.29) is 16.5 Å². The lowest BCUT2D eigenvalue weighted by molar-refractivity contribution is -0.384. The monoisotopic (exact) mass is 267 g/mol. The van der Waals surface area contributed by atoms with Crippen LogP contribution in [0.5, 0.6) is 11.5 Å². The first-order valence-corrected chi connectivity index (χ1v) is 5.31. The van der Waals surface area contributed by atoms with Gasteiger partial charge < -0.3 is 4.74 Å². The predicted octanol–water partition coefficient (Wildman–Crippen LogP) is 4.18. The first-order chi connectivity index (χ1) is 8.56. The van der Waals surface area contributed by atoms with Crippen LogP contribution in [0.1, 0.15) is 0 Å². The molecule has 0 aliphatic carbocycles. The van der Waals surface area contributed by atoms with Gasteiger partial charge in [0.1, 0.15) is 17.3 Å². The Morgan fingerprint density at radius 2 is 1.72 bits per heavy atom. The van der Waals surface area contributed by atoms with Gasteiger partial charge in [0, 0.05) is 18.2 Å². The number of rotatable bonds is 3. The maximum absolute atomic E-state index is 13.2. The number of halogens is 2. The quantitative estimate of drug-likeness (QED) is 0.619. The van der Waals surface area contributed by atoms with Crippen molar-refractivity contribution in [2.24, 2.45) is 0 Å². The Bertz CT molecular complexity index is 586. The van der Waals surface area contributed by atoms with Gasteiger partial charge in [-0.2, -0.15) is 0 Å². The Morgan fingerprint density at radius 1 is 1.11 bits per heavy atom. The molecule has 0 fully saturated rings. The average Bonchev–Trinajstić information content (AvgIpc) is 2.34. The van der Waals surface area contributed by atoms with E-state index in [0.717, 1.165) is 6.07 Å². The Morgan fingerprint density at radius 3 is 2.28 bits per heavy atom. The number of hydrogen-bond donors (Lipinski definition) is 0. The van der Waals surface area contributed by atoms with Gasteiger partial charge >= 0.3 is 0 Å². The lowest BCUT2D eigenvalue weighted by Gasteiger charge is -2.05. The second-order valence-electron chi connectivity index (χ2n) is 3.43. The Kier molecular flexibility index (Phi) is 3.43. The molecule has 0 bridgehead atoms. The largest absolute Gasteiger partial charge is 0.457 e. The number of nitro benzene ring substituents is 1. The summed E-state index contributed by atoms with van der Waals surface area (Å²) in [5.74, 6) is 0.0594. The van der Waals surface area contributed by atoms with Crippen molar-refractivity contribution in [3.8, 4) is 11.5 Å². The molecule has 0 N–H and O–H groups in total. The summed E-state index contributed by atoms with van der Waals surface area (Å²) in [5, 5.41) is 10.5. The Hall–Kier alpha value is -2.14. The molecule has 0 spiro atoms. The highest BCUT2D eigenvalue weighted by Gasteiger charge is 2.06. The van der Waals surface area contributed by atoms with Crippen LogP contribution in [-0.2, 0) is 0 Å². The molecule has 2 aromatic rings. The molecule has 0 aliphatic rings. The van der Waals surface area contributed by atoms with E-state index in [4.69, 9.17) is 16.3 Å². The topological polar surface area (TPSA) is 52.4 Å².